The molecule has 0 unspecified atom stereocenters. The van der Waals surface area contributed by atoms with Gasteiger partial charge in [-0.15, -0.1) is 0 Å². The normalized spacial score (nSPS) is 11.8. The van der Waals surface area contributed by atoms with E-state index >= 15 is 0 Å². The van der Waals surface area contributed by atoms with Crippen molar-refractivity contribution < 1.29 is 19.1 Å². The summed E-state index contributed by atoms with van der Waals surface area (Å²) in [5.74, 6) is 0.560. The fourth-order valence-electron chi connectivity index (χ4n) is 3.98. The second kappa shape index (κ2) is 11.0. The molecule has 0 amide bonds. The maximum Gasteiger partial charge on any atom is 0.418 e. The number of carbonyl (C=O) groups is 2. The molecule has 4 rings (SSSR count). The third kappa shape index (κ3) is 6.05. The predicted molar refractivity (Wildman–Crippen MR) is 144 cm³/mol. The number of halogens is 1. The molecule has 0 aliphatic carbocycles. The molecule has 7 nitrogen and oxygen atoms in total. The summed E-state index contributed by atoms with van der Waals surface area (Å²) >= 11 is 8.12. The number of para-hydroxylation sites is 2. The fraction of sp³-hybridized carbons (Fsp3) is 0.370. The van der Waals surface area contributed by atoms with Crippen LogP contribution in [0.2, 0.25) is 5.02 Å². The highest BCUT2D eigenvalue weighted by atomic mass is 35.5. The number of rotatable bonds is 8. The first kappa shape index (κ1) is 26.1. The summed E-state index contributed by atoms with van der Waals surface area (Å²) in [6.45, 7) is 8.24. The fourth-order valence-corrected chi connectivity index (χ4v) is 5.17. The van der Waals surface area contributed by atoms with E-state index in [4.69, 9.17) is 26.1 Å². The Morgan fingerprint density at radius 2 is 1.89 bits per heavy atom. The number of esters is 1. The van der Waals surface area contributed by atoms with Gasteiger partial charge >= 0.3 is 12.1 Å². The van der Waals surface area contributed by atoms with E-state index in [1.807, 2.05) is 64.1 Å². The first-order valence-electron chi connectivity index (χ1n) is 11.9. The molecule has 0 spiro atoms. The summed E-state index contributed by atoms with van der Waals surface area (Å²) in [7, 11) is 0. The third-order valence-corrected chi connectivity index (χ3v) is 6.74. The van der Waals surface area contributed by atoms with Crippen LogP contribution in [-0.2, 0) is 20.8 Å². The molecule has 2 aromatic heterocycles. The summed E-state index contributed by atoms with van der Waals surface area (Å²) in [6, 6.07) is 13.6. The molecular formula is C27H30ClN3O4S. The minimum Gasteiger partial charge on any atom is -0.466 e. The summed E-state index contributed by atoms with van der Waals surface area (Å²) in [5, 5.41) is 2.31. The van der Waals surface area contributed by atoms with Crippen LogP contribution in [0.1, 0.15) is 46.1 Å². The first-order chi connectivity index (χ1) is 17.2. The van der Waals surface area contributed by atoms with Gasteiger partial charge < -0.3 is 14.0 Å². The van der Waals surface area contributed by atoms with E-state index in [0.29, 0.717) is 36.5 Å². The lowest BCUT2D eigenvalue weighted by Gasteiger charge is -2.20. The smallest absolute Gasteiger partial charge is 0.418 e. The number of hydrogen-bond donors (Lipinski definition) is 0. The van der Waals surface area contributed by atoms with E-state index in [9.17, 15) is 9.59 Å². The number of aromatic nitrogens is 3. The highest BCUT2D eigenvalue weighted by Gasteiger charge is 2.21. The minimum absolute atomic E-state index is 0.178. The highest BCUT2D eigenvalue weighted by molar-refractivity contribution is 7.99. The molecule has 0 aliphatic rings. The molecule has 0 radical (unpaired) electrons. The zero-order valence-electron chi connectivity index (χ0n) is 20.9. The number of imidazole rings is 1. The lowest BCUT2D eigenvalue weighted by molar-refractivity contribution is -0.143. The molecule has 0 aliphatic heterocycles. The van der Waals surface area contributed by atoms with E-state index < -0.39 is 11.7 Å². The first-order valence-corrected chi connectivity index (χ1v) is 13.3. The zero-order valence-corrected chi connectivity index (χ0v) is 22.5. The molecule has 0 saturated carbocycles. The number of carbonyl (C=O) groups excluding carboxylic acids is 2. The molecule has 0 saturated heterocycles. The maximum atomic E-state index is 12.8. The van der Waals surface area contributed by atoms with Crippen LogP contribution in [-0.4, -0.2) is 44.1 Å². The Bertz CT molecular complexity index is 1400. The molecule has 4 aromatic rings. The summed E-state index contributed by atoms with van der Waals surface area (Å²) in [4.78, 5) is 29.3. The summed E-state index contributed by atoms with van der Waals surface area (Å²) in [5.41, 5.74) is 2.96. The van der Waals surface area contributed by atoms with Gasteiger partial charge in [0.2, 0.25) is 0 Å². The Kier molecular flexibility index (Phi) is 7.95. The van der Waals surface area contributed by atoms with Crippen LogP contribution >= 0.6 is 23.4 Å². The monoisotopic (exact) mass is 527 g/mol. The van der Waals surface area contributed by atoms with E-state index in [0.717, 1.165) is 32.9 Å². The van der Waals surface area contributed by atoms with Crippen LogP contribution in [0.3, 0.4) is 0 Å². The number of fused-ring (bicyclic) bond motifs is 2. The van der Waals surface area contributed by atoms with Gasteiger partial charge in [-0.1, -0.05) is 35.5 Å². The van der Waals surface area contributed by atoms with Gasteiger partial charge in [0.25, 0.3) is 0 Å². The van der Waals surface area contributed by atoms with Crippen LogP contribution in [0.25, 0.3) is 21.9 Å². The molecule has 9 heteroatoms. The van der Waals surface area contributed by atoms with Gasteiger partial charge in [0, 0.05) is 28.8 Å². The van der Waals surface area contributed by atoms with Crippen molar-refractivity contribution in [2.24, 2.45) is 0 Å². The van der Waals surface area contributed by atoms with E-state index in [1.165, 1.54) is 4.57 Å². The zero-order chi connectivity index (χ0) is 25.9. The molecule has 2 heterocycles. The Labute approximate surface area is 219 Å². The Morgan fingerprint density at radius 3 is 2.64 bits per heavy atom. The number of benzene rings is 2. The van der Waals surface area contributed by atoms with Gasteiger partial charge in [0.1, 0.15) is 5.60 Å². The third-order valence-electron chi connectivity index (χ3n) is 5.46. The van der Waals surface area contributed by atoms with Gasteiger partial charge in [0.15, 0.2) is 5.16 Å². The van der Waals surface area contributed by atoms with E-state index in [-0.39, 0.29) is 5.97 Å². The number of ether oxygens (including phenoxy) is 2. The molecule has 190 valence electrons. The average Bonchev–Trinajstić information content (AvgIpc) is 3.37. The van der Waals surface area contributed by atoms with Crippen molar-refractivity contribution in [2.75, 3.05) is 12.4 Å². The van der Waals surface area contributed by atoms with Crippen LogP contribution < -0.4 is 0 Å². The predicted octanol–water partition coefficient (Wildman–Crippen LogP) is 6.91. The van der Waals surface area contributed by atoms with Crippen LogP contribution in [0.4, 0.5) is 4.79 Å². The largest absolute Gasteiger partial charge is 0.466 e. The molecule has 36 heavy (non-hydrogen) atoms. The van der Waals surface area contributed by atoms with Crippen molar-refractivity contribution in [2.45, 2.75) is 57.8 Å². The van der Waals surface area contributed by atoms with Crippen molar-refractivity contribution in [3.8, 4) is 0 Å². The number of thioether (sulfide) groups is 1. The number of hydrogen-bond acceptors (Lipinski definition) is 6. The topological polar surface area (TPSA) is 75.4 Å². The average molecular weight is 528 g/mol. The summed E-state index contributed by atoms with van der Waals surface area (Å²) in [6.07, 6.45) is 2.35. The standard InChI is InChI=1S/C27H30ClN3O4S/c1-5-34-24(32)11-8-14-36-25-29-21-9-6-7-10-22(21)31(25)17-18-15-19(28)16-23-20(18)12-13-30(23)26(33)35-27(2,3)4/h6-7,9-10,12-13,15-16H,5,8,11,14,17H2,1-4H3. The summed E-state index contributed by atoms with van der Waals surface area (Å²) < 4.78 is 14.2. The lowest BCUT2D eigenvalue weighted by Crippen LogP contribution is -2.26. The van der Waals surface area contributed by atoms with Crippen molar-refractivity contribution in [3.05, 3.63) is 59.2 Å². The van der Waals surface area contributed by atoms with Gasteiger partial charge in [-0.3, -0.25) is 9.36 Å². The highest BCUT2D eigenvalue weighted by Crippen LogP contribution is 2.31. The second-order valence-electron chi connectivity index (χ2n) is 9.39. The van der Waals surface area contributed by atoms with Crippen LogP contribution in [0.15, 0.2) is 53.8 Å². The molecular weight excluding hydrogens is 498 g/mol. The Morgan fingerprint density at radius 1 is 1.11 bits per heavy atom. The van der Waals surface area contributed by atoms with Crippen molar-refractivity contribution >= 4 is 57.4 Å². The van der Waals surface area contributed by atoms with E-state index in [1.54, 1.807) is 24.0 Å². The minimum atomic E-state index is -0.607. The van der Waals surface area contributed by atoms with Crippen molar-refractivity contribution in [1.29, 1.82) is 0 Å². The molecule has 0 bridgehead atoms. The van der Waals surface area contributed by atoms with Gasteiger partial charge in [-0.25, -0.2) is 9.78 Å². The quantitative estimate of drug-likeness (QED) is 0.141. The van der Waals surface area contributed by atoms with Crippen LogP contribution in [0.5, 0.6) is 0 Å². The SMILES string of the molecule is CCOC(=O)CCCSc1nc2ccccc2n1Cc1cc(Cl)cc2c1ccn2C(=O)OC(C)(C)C. The molecule has 0 N–H and O–H groups in total. The van der Waals surface area contributed by atoms with Gasteiger partial charge in [-0.05, 0) is 70.0 Å². The van der Waals surface area contributed by atoms with Gasteiger partial charge in [0.05, 0.1) is 29.7 Å². The van der Waals surface area contributed by atoms with Crippen molar-refractivity contribution in [1.82, 2.24) is 14.1 Å². The Balaban J connectivity index is 1.64. The molecule has 0 atom stereocenters. The number of nitrogens with zero attached hydrogens (tertiary/aromatic N) is 3. The van der Waals surface area contributed by atoms with Crippen LogP contribution in [0, 0.1) is 0 Å². The molecule has 0 fully saturated rings. The van der Waals surface area contributed by atoms with Crippen molar-refractivity contribution in [3.63, 3.8) is 0 Å². The van der Waals surface area contributed by atoms with Gasteiger partial charge in [-0.2, -0.15) is 0 Å². The van der Waals surface area contributed by atoms with E-state index in [2.05, 4.69) is 4.57 Å². The molecule has 2 aromatic carbocycles. The second-order valence-corrected chi connectivity index (χ2v) is 10.9. The Hall–Kier alpha value is -2.97. The lowest BCUT2D eigenvalue weighted by atomic mass is 10.1. The maximum absolute atomic E-state index is 12.8.